The van der Waals surface area contributed by atoms with Crippen LogP contribution in [0.1, 0.15) is 16.9 Å². The van der Waals surface area contributed by atoms with Crippen molar-refractivity contribution in [3.05, 3.63) is 16.8 Å². The van der Waals surface area contributed by atoms with Crippen molar-refractivity contribution in [3.8, 4) is 0 Å². The smallest absolute Gasteiger partial charge is 0.140 e. The van der Waals surface area contributed by atoms with E-state index in [1.54, 1.807) is 17.7 Å². The molecule has 17 heavy (non-hydrogen) atoms. The molecule has 0 saturated heterocycles. The minimum Gasteiger partial charge on any atom is -0.395 e. The third-order valence-corrected chi connectivity index (χ3v) is 4.48. The first kappa shape index (κ1) is 10.9. The number of hydrogen-bond donors (Lipinski definition) is 1. The molecular weight excluding hydrogens is 234 g/mol. The Balaban J connectivity index is 2.17. The van der Waals surface area contributed by atoms with Gasteiger partial charge in [-0.1, -0.05) is 0 Å². The van der Waals surface area contributed by atoms with E-state index in [1.165, 1.54) is 28.7 Å². The Morgan fingerprint density at radius 1 is 1.41 bits per heavy atom. The first-order valence-electron chi connectivity index (χ1n) is 5.88. The van der Waals surface area contributed by atoms with Crippen LogP contribution in [0.5, 0.6) is 0 Å². The highest BCUT2D eigenvalue weighted by Gasteiger charge is 2.22. The molecule has 2 aromatic heterocycles. The third-order valence-electron chi connectivity index (χ3n) is 3.28. The summed E-state index contributed by atoms with van der Waals surface area (Å²) >= 11 is 1.80. The molecule has 0 aliphatic heterocycles. The van der Waals surface area contributed by atoms with Gasteiger partial charge in [-0.15, -0.1) is 11.3 Å². The molecule has 2 heterocycles. The number of likely N-dealkylation sites (N-methyl/N-ethyl adjacent to an activating group) is 1. The maximum absolute atomic E-state index is 9.03. The zero-order valence-corrected chi connectivity index (χ0v) is 10.6. The quantitative estimate of drug-likeness (QED) is 0.898. The molecule has 0 amide bonds. The molecule has 1 aliphatic rings. The highest BCUT2D eigenvalue weighted by molar-refractivity contribution is 7.19. The van der Waals surface area contributed by atoms with E-state index in [-0.39, 0.29) is 6.61 Å². The minimum atomic E-state index is 0.147. The molecule has 1 aliphatic carbocycles. The van der Waals surface area contributed by atoms with Crippen LogP contribution in [0.15, 0.2) is 6.33 Å². The molecule has 1 N–H and O–H groups in total. The van der Waals surface area contributed by atoms with Crippen molar-refractivity contribution in [1.82, 2.24) is 9.97 Å². The average molecular weight is 249 g/mol. The molecule has 3 rings (SSSR count). The third kappa shape index (κ3) is 1.70. The molecule has 0 fully saturated rings. The fourth-order valence-electron chi connectivity index (χ4n) is 2.46. The number of aromatic nitrogens is 2. The number of aryl methyl sites for hydroxylation is 2. The second-order valence-electron chi connectivity index (χ2n) is 4.38. The van der Waals surface area contributed by atoms with Gasteiger partial charge in [-0.25, -0.2) is 9.97 Å². The summed E-state index contributed by atoms with van der Waals surface area (Å²) in [6.07, 6.45) is 5.19. The van der Waals surface area contributed by atoms with Gasteiger partial charge >= 0.3 is 0 Å². The van der Waals surface area contributed by atoms with Gasteiger partial charge in [0.05, 0.1) is 12.0 Å². The van der Waals surface area contributed by atoms with Crippen molar-refractivity contribution in [1.29, 1.82) is 0 Å². The van der Waals surface area contributed by atoms with E-state index in [0.717, 1.165) is 17.1 Å². The Morgan fingerprint density at radius 2 is 2.29 bits per heavy atom. The Morgan fingerprint density at radius 3 is 3.12 bits per heavy atom. The lowest BCUT2D eigenvalue weighted by atomic mass is 10.2. The van der Waals surface area contributed by atoms with Crippen LogP contribution in [0.25, 0.3) is 10.2 Å². The van der Waals surface area contributed by atoms with E-state index in [2.05, 4.69) is 9.97 Å². The normalized spacial score (nSPS) is 14.2. The van der Waals surface area contributed by atoms with Crippen molar-refractivity contribution in [2.45, 2.75) is 19.3 Å². The summed E-state index contributed by atoms with van der Waals surface area (Å²) in [5.74, 6) is 0.962. The van der Waals surface area contributed by atoms with Gasteiger partial charge in [0.15, 0.2) is 0 Å². The number of anilines is 1. The molecule has 0 saturated carbocycles. The largest absolute Gasteiger partial charge is 0.395 e. The van der Waals surface area contributed by atoms with Gasteiger partial charge in [-0.2, -0.15) is 0 Å². The van der Waals surface area contributed by atoms with Crippen molar-refractivity contribution >= 4 is 27.4 Å². The summed E-state index contributed by atoms with van der Waals surface area (Å²) in [5.41, 5.74) is 1.44. The molecule has 5 heteroatoms. The monoisotopic (exact) mass is 249 g/mol. The summed E-state index contributed by atoms with van der Waals surface area (Å²) in [7, 11) is 1.97. The first-order valence-corrected chi connectivity index (χ1v) is 6.70. The first-order chi connectivity index (χ1) is 8.31. The van der Waals surface area contributed by atoms with Gasteiger partial charge < -0.3 is 10.0 Å². The Bertz CT molecular complexity index is 552. The predicted octanol–water partition coefficient (Wildman–Crippen LogP) is 1.61. The SMILES string of the molecule is CN(CCO)c1ncnc2sc3c(c12)CCC3. The molecule has 90 valence electrons. The summed E-state index contributed by atoms with van der Waals surface area (Å²) in [6, 6.07) is 0. The highest BCUT2D eigenvalue weighted by Crippen LogP contribution is 2.39. The van der Waals surface area contributed by atoms with Crippen LogP contribution < -0.4 is 4.90 Å². The predicted molar refractivity (Wildman–Crippen MR) is 69.8 cm³/mol. The molecule has 0 aromatic carbocycles. The Labute approximate surface area is 104 Å². The van der Waals surface area contributed by atoms with Crippen LogP contribution in [0.4, 0.5) is 5.82 Å². The summed E-state index contributed by atoms with van der Waals surface area (Å²) < 4.78 is 0. The molecule has 0 bridgehead atoms. The van der Waals surface area contributed by atoms with Crippen LogP contribution in [-0.2, 0) is 12.8 Å². The molecule has 2 aromatic rings. The zero-order valence-electron chi connectivity index (χ0n) is 9.81. The van der Waals surface area contributed by atoms with Crippen molar-refractivity contribution in [2.75, 3.05) is 25.1 Å². The Kier molecular flexibility index (Phi) is 2.72. The van der Waals surface area contributed by atoms with Gasteiger partial charge in [0, 0.05) is 18.5 Å². The van der Waals surface area contributed by atoms with Crippen LogP contribution in [0.2, 0.25) is 0 Å². The van der Waals surface area contributed by atoms with Crippen LogP contribution in [0, 0.1) is 0 Å². The lowest BCUT2D eigenvalue weighted by molar-refractivity contribution is 0.304. The summed E-state index contributed by atoms with van der Waals surface area (Å²) in [5, 5.41) is 10.2. The molecule has 0 radical (unpaired) electrons. The van der Waals surface area contributed by atoms with E-state index in [0.29, 0.717) is 6.54 Å². The number of hydrogen-bond acceptors (Lipinski definition) is 5. The van der Waals surface area contributed by atoms with Crippen molar-refractivity contribution in [3.63, 3.8) is 0 Å². The van der Waals surface area contributed by atoms with Crippen LogP contribution in [-0.4, -0.2) is 35.3 Å². The zero-order chi connectivity index (χ0) is 11.8. The van der Waals surface area contributed by atoms with Crippen molar-refractivity contribution < 1.29 is 5.11 Å². The number of aliphatic hydroxyl groups is 1. The molecule has 4 nitrogen and oxygen atoms in total. The maximum Gasteiger partial charge on any atom is 0.140 e. The topological polar surface area (TPSA) is 49.2 Å². The fraction of sp³-hybridized carbons (Fsp3) is 0.500. The molecular formula is C12H15N3OS. The Hall–Kier alpha value is -1.20. The van der Waals surface area contributed by atoms with E-state index >= 15 is 0 Å². The number of nitrogens with zero attached hydrogens (tertiary/aromatic N) is 3. The number of thiophene rings is 1. The lowest BCUT2D eigenvalue weighted by Crippen LogP contribution is -2.22. The number of fused-ring (bicyclic) bond motifs is 3. The standard InChI is InChI=1S/C12H15N3OS/c1-15(5-6-16)11-10-8-3-2-4-9(8)17-12(10)14-7-13-11/h7,16H,2-6H2,1H3. The average Bonchev–Trinajstić information content (AvgIpc) is 2.88. The van der Waals surface area contributed by atoms with E-state index in [1.807, 2.05) is 11.9 Å². The van der Waals surface area contributed by atoms with Gasteiger partial charge in [0.2, 0.25) is 0 Å². The number of rotatable bonds is 3. The van der Waals surface area contributed by atoms with Gasteiger partial charge in [-0.3, -0.25) is 0 Å². The summed E-state index contributed by atoms with van der Waals surface area (Å²) in [4.78, 5) is 13.3. The second kappa shape index (κ2) is 4.23. The fourth-order valence-corrected chi connectivity index (χ4v) is 3.68. The minimum absolute atomic E-state index is 0.147. The van der Waals surface area contributed by atoms with Crippen LogP contribution in [0.3, 0.4) is 0 Å². The molecule has 0 atom stereocenters. The van der Waals surface area contributed by atoms with Gasteiger partial charge in [0.25, 0.3) is 0 Å². The highest BCUT2D eigenvalue weighted by atomic mass is 32.1. The van der Waals surface area contributed by atoms with Gasteiger partial charge in [0.1, 0.15) is 17.0 Å². The van der Waals surface area contributed by atoms with E-state index in [4.69, 9.17) is 5.11 Å². The van der Waals surface area contributed by atoms with E-state index in [9.17, 15) is 0 Å². The van der Waals surface area contributed by atoms with Gasteiger partial charge in [-0.05, 0) is 24.8 Å². The lowest BCUT2D eigenvalue weighted by Gasteiger charge is -2.17. The summed E-state index contributed by atoms with van der Waals surface area (Å²) in [6.45, 7) is 0.755. The van der Waals surface area contributed by atoms with Crippen molar-refractivity contribution in [2.24, 2.45) is 0 Å². The molecule has 0 unspecified atom stereocenters. The number of aliphatic hydroxyl groups excluding tert-OH is 1. The van der Waals surface area contributed by atoms with Crippen LogP contribution >= 0.6 is 11.3 Å². The maximum atomic E-state index is 9.03. The second-order valence-corrected chi connectivity index (χ2v) is 5.46. The molecule has 0 spiro atoms. The van der Waals surface area contributed by atoms with E-state index < -0.39 is 0 Å².